The number of para-hydroxylation sites is 2. The number of carbonyl (C=O) groups is 2. The van der Waals surface area contributed by atoms with E-state index in [1.807, 2.05) is 68.4 Å². The highest BCUT2D eigenvalue weighted by Crippen LogP contribution is 2.33. The summed E-state index contributed by atoms with van der Waals surface area (Å²) in [7, 11) is -4.22. The second-order valence-corrected chi connectivity index (χ2v) is 13.8. The van der Waals surface area contributed by atoms with Crippen LogP contribution < -0.4 is 14.4 Å². The van der Waals surface area contributed by atoms with Crippen molar-refractivity contribution in [2.24, 2.45) is 0 Å². The summed E-state index contributed by atoms with van der Waals surface area (Å²) in [6.45, 7) is 3.70. The molecule has 0 radical (unpaired) electrons. The van der Waals surface area contributed by atoms with E-state index >= 15 is 0 Å². The van der Waals surface area contributed by atoms with Gasteiger partial charge in [0.25, 0.3) is 10.0 Å². The first-order valence-corrected chi connectivity index (χ1v) is 17.7. The molecule has 0 heterocycles. The number of rotatable bonds is 14. The number of amides is 2. The lowest BCUT2D eigenvalue weighted by molar-refractivity contribution is -0.140. The molecule has 47 heavy (non-hydrogen) atoms. The second-order valence-electron chi connectivity index (χ2n) is 11.9. The zero-order valence-corrected chi connectivity index (χ0v) is 27.9. The van der Waals surface area contributed by atoms with E-state index in [0.29, 0.717) is 12.4 Å². The lowest BCUT2D eigenvalue weighted by atomic mass is 10.0. The predicted molar refractivity (Wildman–Crippen MR) is 185 cm³/mol. The van der Waals surface area contributed by atoms with Crippen molar-refractivity contribution in [3.8, 4) is 5.75 Å². The van der Waals surface area contributed by atoms with E-state index in [4.69, 9.17) is 4.74 Å². The topological polar surface area (TPSA) is 96.0 Å². The van der Waals surface area contributed by atoms with Gasteiger partial charge in [-0.15, -0.1) is 0 Å². The Labute approximate surface area is 278 Å². The number of carbonyl (C=O) groups excluding carboxylic acids is 2. The molecule has 1 saturated carbocycles. The van der Waals surface area contributed by atoms with Gasteiger partial charge in [0, 0.05) is 19.0 Å². The number of hydrogen-bond donors (Lipinski definition) is 1. The molecule has 0 aliphatic heterocycles. The quantitative estimate of drug-likeness (QED) is 0.173. The summed E-state index contributed by atoms with van der Waals surface area (Å²) in [5.74, 6) is -0.402. The minimum absolute atomic E-state index is 0.0455. The summed E-state index contributed by atoms with van der Waals surface area (Å²) in [5.41, 5.74) is 3.01. The maximum Gasteiger partial charge on any atom is 0.264 e. The average Bonchev–Trinajstić information content (AvgIpc) is 3.59. The molecule has 0 unspecified atom stereocenters. The Balaban J connectivity index is 1.59. The van der Waals surface area contributed by atoms with Gasteiger partial charge < -0.3 is 15.0 Å². The number of nitrogens with zero attached hydrogens (tertiary/aromatic N) is 2. The Morgan fingerprint density at radius 2 is 1.49 bits per heavy atom. The number of aryl methyl sites for hydroxylation is 1. The van der Waals surface area contributed by atoms with E-state index in [1.165, 1.54) is 12.1 Å². The molecule has 1 N–H and O–H groups in total. The molecule has 4 aromatic rings. The molecule has 1 aliphatic carbocycles. The first kappa shape index (κ1) is 33.7. The molecule has 5 rings (SSSR count). The van der Waals surface area contributed by atoms with Crippen molar-refractivity contribution in [1.82, 2.24) is 10.2 Å². The minimum Gasteiger partial charge on any atom is -0.492 e. The number of sulfonamides is 1. The van der Waals surface area contributed by atoms with Gasteiger partial charge in [-0.3, -0.25) is 13.9 Å². The van der Waals surface area contributed by atoms with Crippen LogP contribution in [0, 0.1) is 6.92 Å². The van der Waals surface area contributed by atoms with Crippen LogP contribution in [-0.4, -0.2) is 50.4 Å². The highest BCUT2D eigenvalue weighted by Gasteiger charge is 2.36. The SMILES string of the molecule is CCOc1ccccc1N(CC(=O)N(Cc1cccc(C)c1)[C@H](Cc1ccccc1)C(=O)NC1CCCC1)S(=O)(=O)c1ccccc1. The van der Waals surface area contributed by atoms with Gasteiger partial charge in [-0.25, -0.2) is 8.42 Å². The Bertz CT molecular complexity index is 1740. The lowest BCUT2D eigenvalue weighted by Gasteiger charge is -2.34. The molecule has 1 atom stereocenters. The molecule has 1 fully saturated rings. The first-order chi connectivity index (χ1) is 22.8. The molecule has 0 bridgehead atoms. The number of anilines is 1. The van der Waals surface area contributed by atoms with Crippen LogP contribution in [-0.2, 0) is 32.6 Å². The average molecular weight is 654 g/mol. The largest absolute Gasteiger partial charge is 0.492 e. The molecular weight excluding hydrogens is 611 g/mol. The monoisotopic (exact) mass is 653 g/mol. The van der Waals surface area contributed by atoms with Gasteiger partial charge in [0.1, 0.15) is 18.3 Å². The van der Waals surface area contributed by atoms with Crippen molar-refractivity contribution in [2.75, 3.05) is 17.5 Å². The fourth-order valence-corrected chi connectivity index (χ4v) is 7.55. The van der Waals surface area contributed by atoms with Gasteiger partial charge in [-0.1, -0.05) is 103 Å². The highest BCUT2D eigenvalue weighted by atomic mass is 32.2. The Morgan fingerprint density at radius 1 is 0.851 bits per heavy atom. The molecule has 2 amide bonds. The van der Waals surface area contributed by atoms with E-state index < -0.39 is 28.5 Å². The second kappa shape index (κ2) is 15.8. The third-order valence-corrected chi connectivity index (χ3v) is 10.2. The predicted octanol–water partition coefficient (Wildman–Crippen LogP) is 6.29. The van der Waals surface area contributed by atoms with Crippen molar-refractivity contribution >= 4 is 27.5 Å². The summed E-state index contributed by atoms with van der Waals surface area (Å²) in [5, 5.41) is 3.21. The van der Waals surface area contributed by atoms with Crippen molar-refractivity contribution in [1.29, 1.82) is 0 Å². The van der Waals surface area contributed by atoms with Gasteiger partial charge in [0.2, 0.25) is 11.8 Å². The zero-order chi connectivity index (χ0) is 33.2. The van der Waals surface area contributed by atoms with Crippen LogP contribution in [0.1, 0.15) is 49.3 Å². The molecule has 0 spiro atoms. The van der Waals surface area contributed by atoms with Gasteiger partial charge in [0.05, 0.1) is 17.2 Å². The molecular formula is C38H43N3O5S. The smallest absolute Gasteiger partial charge is 0.264 e. The molecule has 0 saturated heterocycles. The number of nitrogens with one attached hydrogen (secondary N) is 1. The van der Waals surface area contributed by atoms with E-state index in [2.05, 4.69) is 5.32 Å². The fraction of sp³-hybridized carbons (Fsp3) is 0.316. The van der Waals surface area contributed by atoms with Crippen LogP contribution in [0.2, 0.25) is 0 Å². The van der Waals surface area contributed by atoms with Crippen molar-refractivity contribution in [2.45, 2.75) is 69.5 Å². The summed E-state index contributed by atoms with van der Waals surface area (Å²) >= 11 is 0. The van der Waals surface area contributed by atoms with Crippen LogP contribution in [0.5, 0.6) is 5.75 Å². The Kier molecular flexibility index (Phi) is 11.3. The van der Waals surface area contributed by atoms with Crippen LogP contribution in [0.25, 0.3) is 0 Å². The van der Waals surface area contributed by atoms with E-state index in [0.717, 1.165) is 46.7 Å². The molecule has 9 heteroatoms. The number of hydrogen-bond acceptors (Lipinski definition) is 5. The minimum atomic E-state index is -4.22. The lowest BCUT2D eigenvalue weighted by Crippen LogP contribution is -2.54. The van der Waals surface area contributed by atoms with Crippen molar-refractivity contribution < 1.29 is 22.7 Å². The van der Waals surface area contributed by atoms with Gasteiger partial charge in [0.15, 0.2) is 0 Å². The summed E-state index contributed by atoms with van der Waals surface area (Å²) in [6.07, 6.45) is 4.16. The van der Waals surface area contributed by atoms with Gasteiger partial charge >= 0.3 is 0 Å². The highest BCUT2D eigenvalue weighted by molar-refractivity contribution is 7.92. The molecule has 8 nitrogen and oxygen atoms in total. The summed E-state index contributed by atoms with van der Waals surface area (Å²) < 4.78 is 35.5. The van der Waals surface area contributed by atoms with Gasteiger partial charge in [-0.05, 0) is 62.1 Å². The normalized spacial score (nSPS) is 13.9. The van der Waals surface area contributed by atoms with E-state index in [-0.39, 0.29) is 35.5 Å². The molecule has 1 aliphatic rings. The van der Waals surface area contributed by atoms with Crippen LogP contribution in [0.15, 0.2) is 114 Å². The number of ether oxygens (including phenoxy) is 1. The van der Waals surface area contributed by atoms with Crippen molar-refractivity contribution in [3.05, 3.63) is 126 Å². The fourth-order valence-electron chi connectivity index (χ4n) is 6.10. The first-order valence-electron chi connectivity index (χ1n) is 16.2. The third-order valence-electron chi connectivity index (χ3n) is 8.45. The van der Waals surface area contributed by atoms with Crippen LogP contribution >= 0.6 is 0 Å². The maximum atomic E-state index is 14.7. The van der Waals surface area contributed by atoms with Crippen LogP contribution in [0.4, 0.5) is 5.69 Å². The van der Waals surface area contributed by atoms with Gasteiger partial charge in [-0.2, -0.15) is 0 Å². The molecule has 0 aromatic heterocycles. The summed E-state index contributed by atoms with van der Waals surface area (Å²) in [6, 6.07) is 31.4. The molecule has 4 aromatic carbocycles. The number of benzene rings is 4. The van der Waals surface area contributed by atoms with Crippen LogP contribution in [0.3, 0.4) is 0 Å². The standard InChI is InChI=1S/C38H43N3O5S/c1-3-46-36-24-13-12-23-34(36)41(47(44,45)33-21-8-5-9-22-33)28-37(42)40(27-31-18-14-15-29(2)25-31)35(26-30-16-6-4-7-17-30)38(43)39-32-19-10-11-20-32/h4-9,12-18,21-25,32,35H,3,10-11,19-20,26-28H2,1-2H3,(H,39,43)/t35-/m1/s1. The summed E-state index contributed by atoms with van der Waals surface area (Å²) in [4.78, 5) is 30.5. The van der Waals surface area contributed by atoms with E-state index in [1.54, 1.807) is 47.4 Å². The third kappa shape index (κ3) is 8.60. The Morgan fingerprint density at radius 3 is 2.17 bits per heavy atom. The van der Waals surface area contributed by atoms with E-state index in [9.17, 15) is 18.0 Å². The molecule has 246 valence electrons. The zero-order valence-electron chi connectivity index (χ0n) is 27.0. The maximum absolute atomic E-state index is 14.7. The Hall–Kier alpha value is -4.63. The van der Waals surface area contributed by atoms with Crippen molar-refractivity contribution in [3.63, 3.8) is 0 Å².